The summed E-state index contributed by atoms with van der Waals surface area (Å²) in [7, 11) is -2.15. The molecule has 0 saturated carbocycles. The van der Waals surface area contributed by atoms with Crippen molar-refractivity contribution in [2.24, 2.45) is 0 Å². The van der Waals surface area contributed by atoms with E-state index >= 15 is 0 Å². The number of benzene rings is 1. The highest BCUT2D eigenvalue weighted by Gasteiger charge is 2.16. The molecule has 2 rings (SSSR count). The van der Waals surface area contributed by atoms with Gasteiger partial charge < -0.3 is 10.5 Å². The molecular weight excluding hydrogens is 316 g/mol. The Bertz CT molecular complexity index is 730. The van der Waals surface area contributed by atoms with Gasteiger partial charge in [-0.25, -0.2) is 8.42 Å². The molecule has 0 fully saturated rings. The monoisotopic (exact) mass is 330 g/mol. The summed E-state index contributed by atoms with van der Waals surface area (Å²) in [4.78, 5) is 0.0361. The van der Waals surface area contributed by atoms with E-state index in [2.05, 4.69) is 9.82 Å². The van der Waals surface area contributed by atoms with Gasteiger partial charge in [-0.05, 0) is 18.2 Å². The molecular formula is C12H15ClN4O3S. The zero-order valence-electron chi connectivity index (χ0n) is 11.3. The fraction of sp³-hybridized carbons (Fsp3) is 0.250. The van der Waals surface area contributed by atoms with Crippen LogP contribution in [0.1, 0.15) is 0 Å². The van der Waals surface area contributed by atoms with E-state index in [1.807, 2.05) is 0 Å². The molecule has 0 spiro atoms. The van der Waals surface area contributed by atoms with Gasteiger partial charge >= 0.3 is 0 Å². The van der Waals surface area contributed by atoms with Crippen molar-refractivity contribution >= 4 is 33.0 Å². The molecule has 3 N–H and O–H groups in total. The van der Waals surface area contributed by atoms with Gasteiger partial charge in [-0.15, -0.1) is 0 Å². The maximum absolute atomic E-state index is 12.2. The molecule has 0 amide bonds. The molecule has 0 aliphatic heterocycles. The smallest absolute Gasteiger partial charge is 0.262 e. The first-order chi connectivity index (χ1) is 9.92. The van der Waals surface area contributed by atoms with Crippen molar-refractivity contribution in [3.8, 4) is 0 Å². The predicted molar refractivity (Wildman–Crippen MR) is 80.8 cm³/mol. The van der Waals surface area contributed by atoms with Gasteiger partial charge in [0.2, 0.25) is 0 Å². The third-order valence-corrected chi connectivity index (χ3v) is 4.41. The Balaban J connectivity index is 2.16. The second-order valence-corrected chi connectivity index (χ2v) is 6.36. The van der Waals surface area contributed by atoms with Crippen LogP contribution in [0, 0.1) is 0 Å². The molecule has 0 aliphatic carbocycles. The maximum atomic E-state index is 12.2. The molecule has 9 heteroatoms. The van der Waals surface area contributed by atoms with Crippen LogP contribution in [0.5, 0.6) is 0 Å². The van der Waals surface area contributed by atoms with Gasteiger partial charge in [-0.1, -0.05) is 11.6 Å². The average molecular weight is 331 g/mol. The van der Waals surface area contributed by atoms with E-state index in [0.717, 1.165) is 0 Å². The summed E-state index contributed by atoms with van der Waals surface area (Å²) in [6, 6.07) is 4.13. The van der Waals surface area contributed by atoms with Gasteiger partial charge in [0, 0.05) is 13.3 Å². The lowest BCUT2D eigenvalue weighted by molar-refractivity contribution is 0.183. The van der Waals surface area contributed by atoms with E-state index < -0.39 is 10.0 Å². The standard InChI is InChI=1S/C12H15ClN4O3S/c1-20-5-4-17-8-9(7-15-17)16-21(18,19)10-2-3-11(13)12(14)6-10/h2-3,6-8,16H,4-5,14H2,1H3. The first-order valence-electron chi connectivity index (χ1n) is 6.01. The highest BCUT2D eigenvalue weighted by atomic mass is 35.5. The number of anilines is 2. The summed E-state index contributed by atoms with van der Waals surface area (Å²) in [5.41, 5.74) is 6.18. The van der Waals surface area contributed by atoms with Crippen LogP contribution in [0.2, 0.25) is 5.02 Å². The van der Waals surface area contributed by atoms with Crippen LogP contribution in [0.4, 0.5) is 11.4 Å². The number of methoxy groups -OCH3 is 1. The molecule has 1 aromatic carbocycles. The molecule has 1 aromatic heterocycles. The molecule has 0 radical (unpaired) electrons. The Hall–Kier alpha value is -1.77. The van der Waals surface area contributed by atoms with E-state index in [-0.39, 0.29) is 10.6 Å². The van der Waals surface area contributed by atoms with Crippen LogP contribution < -0.4 is 10.5 Å². The fourth-order valence-electron chi connectivity index (χ4n) is 1.63. The molecule has 2 aromatic rings. The highest BCUT2D eigenvalue weighted by Crippen LogP contribution is 2.23. The van der Waals surface area contributed by atoms with Crippen LogP contribution in [-0.4, -0.2) is 31.9 Å². The topological polar surface area (TPSA) is 99.2 Å². The molecule has 21 heavy (non-hydrogen) atoms. The number of ether oxygens (including phenoxy) is 1. The SMILES string of the molecule is COCCn1cc(NS(=O)(=O)c2ccc(Cl)c(N)c2)cn1. The molecule has 1 heterocycles. The third kappa shape index (κ3) is 3.87. The van der Waals surface area contributed by atoms with Gasteiger partial charge in [0.25, 0.3) is 10.0 Å². The zero-order valence-corrected chi connectivity index (χ0v) is 12.9. The number of nitrogens with two attached hydrogens (primary N) is 1. The van der Waals surface area contributed by atoms with Gasteiger partial charge in [-0.2, -0.15) is 5.10 Å². The number of nitrogens with one attached hydrogen (secondary N) is 1. The highest BCUT2D eigenvalue weighted by molar-refractivity contribution is 7.92. The summed E-state index contributed by atoms with van der Waals surface area (Å²) in [6.07, 6.45) is 3.00. The van der Waals surface area contributed by atoms with Crippen LogP contribution in [0.25, 0.3) is 0 Å². The van der Waals surface area contributed by atoms with Gasteiger partial charge in [0.1, 0.15) is 0 Å². The molecule has 7 nitrogen and oxygen atoms in total. The number of rotatable bonds is 6. The van der Waals surface area contributed by atoms with E-state index in [9.17, 15) is 8.42 Å². The van der Waals surface area contributed by atoms with E-state index in [4.69, 9.17) is 22.1 Å². The zero-order chi connectivity index (χ0) is 15.5. The van der Waals surface area contributed by atoms with Crippen molar-refractivity contribution < 1.29 is 13.2 Å². The van der Waals surface area contributed by atoms with E-state index in [1.54, 1.807) is 18.0 Å². The number of nitrogen functional groups attached to an aromatic ring is 1. The maximum Gasteiger partial charge on any atom is 0.262 e. The summed E-state index contributed by atoms with van der Waals surface area (Å²) < 4.78 is 33.4. The van der Waals surface area contributed by atoms with Gasteiger partial charge in [0.05, 0.1) is 40.6 Å². The Labute approximate surface area is 127 Å². The number of halogens is 1. The Morgan fingerprint density at radius 3 is 2.90 bits per heavy atom. The minimum atomic E-state index is -3.73. The summed E-state index contributed by atoms with van der Waals surface area (Å²) in [5.74, 6) is 0. The molecule has 0 aliphatic rings. The first-order valence-corrected chi connectivity index (χ1v) is 7.88. The lowest BCUT2D eigenvalue weighted by atomic mass is 10.3. The second-order valence-electron chi connectivity index (χ2n) is 4.27. The van der Waals surface area contributed by atoms with Crippen LogP contribution in [-0.2, 0) is 21.3 Å². The minimum Gasteiger partial charge on any atom is -0.397 e. The number of hydrogen-bond donors (Lipinski definition) is 2. The second kappa shape index (κ2) is 6.33. The molecule has 114 valence electrons. The van der Waals surface area contributed by atoms with Crippen molar-refractivity contribution in [2.75, 3.05) is 24.2 Å². The van der Waals surface area contributed by atoms with Crippen molar-refractivity contribution in [3.05, 3.63) is 35.6 Å². The minimum absolute atomic E-state index is 0.0361. The summed E-state index contributed by atoms with van der Waals surface area (Å²) in [5, 5.41) is 4.33. The number of sulfonamides is 1. The lowest BCUT2D eigenvalue weighted by Gasteiger charge is -2.07. The third-order valence-electron chi connectivity index (χ3n) is 2.69. The Morgan fingerprint density at radius 1 is 1.48 bits per heavy atom. The number of hydrogen-bond acceptors (Lipinski definition) is 5. The molecule has 0 saturated heterocycles. The number of aromatic nitrogens is 2. The van der Waals surface area contributed by atoms with Crippen LogP contribution in [0.15, 0.2) is 35.5 Å². The molecule has 0 unspecified atom stereocenters. The van der Waals surface area contributed by atoms with Crippen molar-refractivity contribution in [3.63, 3.8) is 0 Å². The fourth-order valence-corrected chi connectivity index (χ4v) is 2.81. The van der Waals surface area contributed by atoms with Gasteiger partial charge in [0.15, 0.2) is 0 Å². The number of nitrogens with zero attached hydrogens (tertiary/aromatic N) is 2. The quantitative estimate of drug-likeness (QED) is 0.783. The van der Waals surface area contributed by atoms with Crippen LogP contribution in [0.3, 0.4) is 0 Å². The van der Waals surface area contributed by atoms with Crippen molar-refractivity contribution in [2.45, 2.75) is 11.4 Å². The van der Waals surface area contributed by atoms with Crippen LogP contribution >= 0.6 is 11.6 Å². The Morgan fingerprint density at radius 2 is 2.24 bits per heavy atom. The van der Waals surface area contributed by atoms with E-state index in [0.29, 0.717) is 23.9 Å². The van der Waals surface area contributed by atoms with E-state index in [1.165, 1.54) is 24.4 Å². The summed E-state index contributed by atoms with van der Waals surface area (Å²) >= 11 is 5.78. The largest absolute Gasteiger partial charge is 0.397 e. The van der Waals surface area contributed by atoms with Crippen molar-refractivity contribution in [1.29, 1.82) is 0 Å². The molecule has 0 atom stereocenters. The Kier molecular flexibility index (Phi) is 4.71. The molecule has 0 bridgehead atoms. The lowest BCUT2D eigenvalue weighted by Crippen LogP contribution is -2.13. The van der Waals surface area contributed by atoms with Crippen molar-refractivity contribution in [1.82, 2.24) is 9.78 Å². The normalized spacial score (nSPS) is 11.5. The predicted octanol–water partition coefficient (Wildman–Crippen LogP) is 1.57. The first kappa shape index (κ1) is 15.6. The average Bonchev–Trinajstić information content (AvgIpc) is 2.86. The van der Waals surface area contributed by atoms with Gasteiger partial charge in [-0.3, -0.25) is 9.40 Å². The summed E-state index contributed by atoms with van der Waals surface area (Å²) in [6.45, 7) is 1.02.